The number of ether oxygens (including phenoxy) is 1. The van der Waals surface area contributed by atoms with E-state index in [-0.39, 0.29) is 24.9 Å². The van der Waals surface area contributed by atoms with Gasteiger partial charge in [-0.2, -0.15) is 0 Å². The lowest BCUT2D eigenvalue weighted by molar-refractivity contribution is -0.138. The zero-order valence-electron chi connectivity index (χ0n) is 11.0. The monoisotopic (exact) mass is 265 g/mol. The minimum absolute atomic E-state index is 0.0192. The highest BCUT2D eigenvalue weighted by Crippen LogP contribution is 2.01. The fraction of sp³-hybridized carbons (Fsp3) is 0.429. The predicted molar refractivity (Wildman–Crippen MR) is 70.5 cm³/mol. The van der Waals surface area contributed by atoms with Crippen molar-refractivity contribution in [1.82, 2.24) is 5.32 Å². The second-order valence-electron chi connectivity index (χ2n) is 4.49. The van der Waals surface area contributed by atoms with Crippen molar-refractivity contribution in [2.75, 3.05) is 13.2 Å². The predicted octanol–water partition coefficient (Wildman–Crippen LogP) is 1.43. The molecule has 2 N–H and O–H groups in total. The highest BCUT2D eigenvalue weighted by atomic mass is 16.5. The minimum atomic E-state index is -0.859. The first-order chi connectivity index (χ1) is 9.08. The van der Waals surface area contributed by atoms with Gasteiger partial charge in [-0.1, -0.05) is 37.3 Å². The third kappa shape index (κ3) is 7.21. The summed E-state index contributed by atoms with van der Waals surface area (Å²) in [6.07, 6.45) is 0.0468. The van der Waals surface area contributed by atoms with E-state index in [1.807, 2.05) is 30.3 Å². The highest BCUT2D eigenvalue weighted by molar-refractivity contribution is 5.77. The van der Waals surface area contributed by atoms with Crippen LogP contribution in [0.5, 0.6) is 0 Å². The fourth-order valence-corrected chi connectivity index (χ4v) is 1.55. The quantitative estimate of drug-likeness (QED) is 0.745. The number of carboxylic acid groups (broad SMARTS) is 1. The smallest absolute Gasteiger partial charge is 0.303 e. The van der Waals surface area contributed by atoms with Crippen molar-refractivity contribution in [3.8, 4) is 0 Å². The highest BCUT2D eigenvalue weighted by Gasteiger charge is 2.09. The Morgan fingerprint density at radius 3 is 2.63 bits per heavy atom. The summed E-state index contributed by atoms with van der Waals surface area (Å²) in [6.45, 7) is 2.49. The summed E-state index contributed by atoms with van der Waals surface area (Å²) in [6, 6.07) is 9.58. The van der Waals surface area contributed by atoms with Crippen LogP contribution >= 0.6 is 0 Å². The number of hydrogen-bond acceptors (Lipinski definition) is 3. The van der Waals surface area contributed by atoms with E-state index in [9.17, 15) is 9.59 Å². The Bertz CT molecular complexity index is 405. The van der Waals surface area contributed by atoms with Crippen LogP contribution in [-0.2, 0) is 20.9 Å². The SMILES string of the molecule is CC(CNC(=O)COCc1ccccc1)CC(=O)O. The Balaban J connectivity index is 2.13. The zero-order chi connectivity index (χ0) is 14.1. The molecule has 1 aromatic rings. The third-order valence-corrected chi connectivity index (χ3v) is 2.52. The van der Waals surface area contributed by atoms with Crippen LogP contribution in [0.1, 0.15) is 18.9 Å². The van der Waals surface area contributed by atoms with Gasteiger partial charge >= 0.3 is 5.97 Å². The first-order valence-corrected chi connectivity index (χ1v) is 6.18. The topological polar surface area (TPSA) is 75.6 Å². The molecule has 0 aliphatic rings. The largest absolute Gasteiger partial charge is 0.481 e. The summed E-state index contributed by atoms with van der Waals surface area (Å²) in [5.41, 5.74) is 1.01. The van der Waals surface area contributed by atoms with Gasteiger partial charge in [-0.3, -0.25) is 9.59 Å². The van der Waals surface area contributed by atoms with Gasteiger partial charge in [-0.25, -0.2) is 0 Å². The summed E-state index contributed by atoms with van der Waals surface area (Å²) in [5.74, 6) is -1.18. The molecule has 1 atom stereocenters. The summed E-state index contributed by atoms with van der Waals surface area (Å²) >= 11 is 0. The van der Waals surface area contributed by atoms with Crippen LogP contribution in [0.25, 0.3) is 0 Å². The number of nitrogens with one attached hydrogen (secondary N) is 1. The maximum atomic E-state index is 11.4. The average Bonchev–Trinajstić information content (AvgIpc) is 2.37. The lowest BCUT2D eigenvalue weighted by Gasteiger charge is -2.10. The summed E-state index contributed by atoms with van der Waals surface area (Å²) in [4.78, 5) is 21.9. The second kappa shape index (κ2) is 8.26. The van der Waals surface area contributed by atoms with E-state index in [1.165, 1.54) is 0 Å². The van der Waals surface area contributed by atoms with E-state index < -0.39 is 5.97 Å². The standard InChI is InChI=1S/C14H19NO4/c1-11(7-14(17)18)8-15-13(16)10-19-9-12-5-3-2-4-6-12/h2-6,11H,7-10H2,1H3,(H,15,16)(H,17,18). The number of amides is 1. The third-order valence-electron chi connectivity index (χ3n) is 2.52. The van der Waals surface area contributed by atoms with Crippen LogP contribution in [0.3, 0.4) is 0 Å². The van der Waals surface area contributed by atoms with Crippen molar-refractivity contribution >= 4 is 11.9 Å². The van der Waals surface area contributed by atoms with Crippen molar-refractivity contribution in [2.24, 2.45) is 5.92 Å². The van der Waals surface area contributed by atoms with Crippen molar-refractivity contribution in [1.29, 1.82) is 0 Å². The normalized spacial score (nSPS) is 11.8. The van der Waals surface area contributed by atoms with E-state index in [1.54, 1.807) is 6.92 Å². The van der Waals surface area contributed by atoms with Gasteiger partial charge in [0.1, 0.15) is 6.61 Å². The van der Waals surface area contributed by atoms with Crippen molar-refractivity contribution in [3.63, 3.8) is 0 Å². The molecule has 0 aromatic heterocycles. The molecule has 0 aliphatic heterocycles. The van der Waals surface area contributed by atoms with Gasteiger partial charge in [0.15, 0.2) is 0 Å². The molecule has 1 amide bonds. The molecule has 0 saturated carbocycles. The minimum Gasteiger partial charge on any atom is -0.481 e. The maximum absolute atomic E-state index is 11.4. The molecule has 5 heteroatoms. The van der Waals surface area contributed by atoms with Crippen LogP contribution in [-0.4, -0.2) is 30.1 Å². The molecule has 19 heavy (non-hydrogen) atoms. The Morgan fingerprint density at radius 2 is 2.00 bits per heavy atom. The van der Waals surface area contributed by atoms with E-state index in [0.29, 0.717) is 13.2 Å². The molecule has 0 fully saturated rings. The molecule has 0 aliphatic carbocycles. The molecule has 0 spiro atoms. The lowest BCUT2D eigenvalue weighted by Crippen LogP contribution is -2.32. The Labute approximate surface area is 112 Å². The number of aliphatic carboxylic acids is 1. The van der Waals surface area contributed by atoms with E-state index in [0.717, 1.165) is 5.56 Å². The van der Waals surface area contributed by atoms with Gasteiger partial charge in [0.05, 0.1) is 6.61 Å². The Hall–Kier alpha value is -1.88. The summed E-state index contributed by atoms with van der Waals surface area (Å²) in [5, 5.41) is 11.2. The lowest BCUT2D eigenvalue weighted by atomic mass is 10.1. The van der Waals surface area contributed by atoms with Crippen molar-refractivity contribution < 1.29 is 19.4 Å². The van der Waals surface area contributed by atoms with Gasteiger partial charge in [-0.05, 0) is 11.5 Å². The molecule has 104 valence electrons. The average molecular weight is 265 g/mol. The maximum Gasteiger partial charge on any atom is 0.303 e. The van der Waals surface area contributed by atoms with Crippen LogP contribution < -0.4 is 5.32 Å². The van der Waals surface area contributed by atoms with E-state index in [4.69, 9.17) is 9.84 Å². The molecule has 0 radical (unpaired) electrons. The Kier molecular flexibility index (Phi) is 6.60. The van der Waals surface area contributed by atoms with Crippen LogP contribution in [0.4, 0.5) is 0 Å². The van der Waals surface area contributed by atoms with Crippen LogP contribution in [0.15, 0.2) is 30.3 Å². The second-order valence-corrected chi connectivity index (χ2v) is 4.49. The molecule has 0 saturated heterocycles. The summed E-state index contributed by atoms with van der Waals surface area (Å²) < 4.78 is 5.27. The fourth-order valence-electron chi connectivity index (χ4n) is 1.55. The van der Waals surface area contributed by atoms with Crippen molar-refractivity contribution in [3.05, 3.63) is 35.9 Å². The number of benzene rings is 1. The molecule has 0 heterocycles. The number of carbonyl (C=O) groups is 2. The number of carboxylic acids is 1. The molecular formula is C14H19NO4. The molecule has 0 bridgehead atoms. The number of rotatable bonds is 8. The first kappa shape index (κ1) is 15.2. The molecule has 1 aromatic carbocycles. The van der Waals surface area contributed by atoms with Gasteiger partial charge in [0.25, 0.3) is 0 Å². The molecule has 1 unspecified atom stereocenters. The van der Waals surface area contributed by atoms with Gasteiger partial charge in [0.2, 0.25) is 5.91 Å². The van der Waals surface area contributed by atoms with Gasteiger partial charge < -0.3 is 15.2 Å². The number of hydrogen-bond donors (Lipinski definition) is 2. The molecule has 1 rings (SSSR count). The van der Waals surface area contributed by atoms with Gasteiger partial charge in [0, 0.05) is 13.0 Å². The summed E-state index contributed by atoms with van der Waals surface area (Å²) in [7, 11) is 0. The van der Waals surface area contributed by atoms with Crippen LogP contribution in [0, 0.1) is 5.92 Å². The molecule has 5 nitrogen and oxygen atoms in total. The van der Waals surface area contributed by atoms with E-state index in [2.05, 4.69) is 5.32 Å². The zero-order valence-corrected chi connectivity index (χ0v) is 11.0. The molecular weight excluding hydrogens is 246 g/mol. The first-order valence-electron chi connectivity index (χ1n) is 6.18. The Morgan fingerprint density at radius 1 is 1.32 bits per heavy atom. The van der Waals surface area contributed by atoms with Crippen LogP contribution in [0.2, 0.25) is 0 Å². The van der Waals surface area contributed by atoms with Crippen molar-refractivity contribution in [2.45, 2.75) is 20.0 Å². The van der Waals surface area contributed by atoms with Gasteiger partial charge in [-0.15, -0.1) is 0 Å². The van der Waals surface area contributed by atoms with E-state index >= 15 is 0 Å². The number of carbonyl (C=O) groups excluding carboxylic acids is 1.